The fraction of sp³-hybridized carbons (Fsp3) is 0. The Hall–Kier alpha value is -2.26. The Balaban J connectivity index is 2.22. The molecule has 3 rings (SSSR count). The van der Waals surface area contributed by atoms with Crippen LogP contribution in [0.15, 0.2) is 58.0 Å². The normalized spacial score (nSPS) is 11.7. The van der Waals surface area contributed by atoms with Crippen molar-refractivity contribution in [1.82, 2.24) is 3.97 Å². The van der Waals surface area contributed by atoms with Crippen LogP contribution < -0.4 is 0 Å². The Bertz CT molecular complexity index is 1050. The standard InChI is InChI=1S/C14H8BrFN2O4S/c15-10-1-4-13-9(7-10)5-6-17(13)23(21,22)11-2-3-12(16)14(8-11)18(19)20/h1-8H. The molecule has 6 nitrogen and oxygen atoms in total. The van der Waals surface area contributed by atoms with Gasteiger partial charge in [-0.1, -0.05) is 15.9 Å². The average Bonchev–Trinajstić information content (AvgIpc) is 2.90. The van der Waals surface area contributed by atoms with Crippen LogP contribution >= 0.6 is 15.9 Å². The first kappa shape index (κ1) is 15.6. The van der Waals surface area contributed by atoms with Crippen molar-refractivity contribution in [2.24, 2.45) is 0 Å². The quantitative estimate of drug-likeness (QED) is 0.497. The van der Waals surface area contributed by atoms with Crippen molar-refractivity contribution in [3.05, 3.63) is 69.1 Å². The maximum Gasteiger partial charge on any atom is 0.306 e. The highest BCUT2D eigenvalue weighted by Gasteiger charge is 2.24. The van der Waals surface area contributed by atoms with Crippen molar-refractivity contribution in [1.29, 1.82) is 0 Å². The van der Waals surface area contributed by atoms with Crippen molar-refractivity contribution in [3.63, 3.8) is 0 Å². The predicted molar refractivity (Wildman–Crippen MR) is 85.3 cm³/mol. The van der Waals surface area contributed by atoms with Crippen molar-refractivity contribution >= 4 is 42.5 Å². The van der Waals surface area contributed by atoms with Crippen LogP contribution in [0.2, 0.25) is 0 Å². The zero-order valence-electron chi connectivity index (χ0n) is 11.3. The largest absolute Gasteiger partial charge is 0.306 e. The van der Waals surface area contributed by atoms with Gasteiger partial charge in [-0.15, -0.1) is 0 Å². The van der Waals surface area contributed by atoms with Gasteiger partial charge in [0.2, 0.25) is 5.82 Å². The van der Waals surface area contributed by atoms with Crippen molar-refractivity contribution in [2.45, 2.75) is 4.90 Å². The fourth-order valence-corrected chi connectivity index (χ4v) is 3.96. The SMILES string of the molecule is O=[N+]([O-])c1cc(S(=O)(=O)n2ccc3cc(Br)ccc32)ccc1F. The van der Waals surface area contributed by atoms with E-state index in [1.807, 2.05) is 0 Å². The molecule has 0 saturated carbocycles. The molecule has 0 atom stereocenters. The van der Waals surface area contributed by atoms with E-state index in [1.54, 1.807) is 24.3 Å². The van der Waals surface area contributed by atoms with Gasteiger partial charge in [-0.05, 0) is 36.4 Å². The van der Waals surface area contributed by atoms with E-state index in [1.165, 1.54) is 6.20 Å². The second kappa shape index (κ2) is 5.43. The molecule has 3 aromatic rings. The van der Waals surface area contributed by atoms with Gasteiger partial charge in [0.05, 0.1) is 15.3 Å². The van der Waals surface area contributed by atoms with Gasteiger partial charge in [0, 0.05) is 22.1 Å². The third kappa shape index (κ3) is 2.62. The molecule has 2 aromatic carbocycles. The van der Waals surface area contributed by atoms with Gasteiger partial charge in [-0.25, -0.2) is 12.4 Å². The molecule has 23 heavy (non-hydrogen) atoms. The van der Waals surface area contributed by atoms with Crippen LogP contribution in [0.4, 0.5) is 10.1 Å². The summed E-state index contributed by atoms with van der Waals surface area (Å²) in [7, 11) is -4.08. The minimum atomic E-state index is -4.08. The van der Waals surface area contributed by atoms with Crippen molar-refractivity contribution in [2.75, 3.05) is 0 Å². The number of aromatic nitrogens is 1. The summed E-state index contributed by atoms with van der Waals surface area (Å²) >= 11 is 3.30. The van der Waals surface area contributed by atoms with Crippen LogP contribution in [0.25, 0.3) is 10.9 Å². The lowest BCUT2D eigenvalue weighted by Crippen LogP contribution is -2.12. The van der Waals surface area contributed by atoms with Crippen molar-refractivity contribution in [3.8, 4) is 0 Å². The molecule has 0 bridgehead atoms. The van der Waals surface area contributed by atoms with E-state index in [2.05, 4.69) is 15.9 Å². The molecule has 0 spiro atoms. The zero-order chi connectivity index (χ0) is 16.8. The highest BCUT2D eigenvalue weighted by molar-refractivity contribution is 9.10. The number of hydrogen-bond acceptors (Lipinski definition) is 4. The molecular formula is C14H8BrFN2O4S. The van der Waals surface area contributed by atoms with Crippen LogP contribution in [0, 0.1) is 15.9 Å². The van der Waals surface area contributed by atoms with Gasteiger partial charge >= 0.3 is 5.69 Å². The predicted octanol–water partition coefficient (Wildman–Crippen LogP) is 3.69. The highest BCUT2D eigenvalue weighted by atomic mass is 79.9. The zero-order valence-corrected chi connectivity index (χ0v) is 13.7. The molecule has 0 aliphatic rings. The number of nitro groups is 1. The second-order valence-electron chi connectivity index (χ2n) is 4.69. The van der Waals surface area contributed by atoms with Crippen LogP contribution in [-0.4, -0.2) is 17.3 Å². The molecule has 0 aliphatic carbocycles. The number of rotatable bonds is 3. The summed E-state index contributed by atoms with van der Waals surface area (Å²) in [5.74, 6) is -1.09. The Morgan fingerprint density at radius 1 is 1.13 bits per heavy atom. The maximum absolute atomic E-state index is 13.4. The number of hydrogen-bond donors (Lipinski definition) is 0. The Morgan fingerprint density at radius 2 is 1.87 bits per heavy atom. The van der Waals surface area contributed by atoms with Crippen LogP contribution in [0.1, 0.15) is 0 Å². The lowest BCUT2D eigenvalue weighted by molar-refractivity contribution is -0.387. The Kier molecular flexibility index (Phi) is 3.69. The van der Waals surface area contributed by atoms with Gasteiger partial charge < -0.3 is 0 Å². The molecular weight excluding hydrogens is 391 g/mol. The summed E-state index contributed by atoms with van der Waals surface area (Å²) in [6.07, 6.45) is 1.35. The molecule has 1 heterocycles. The van der Waals surface area contributed by atoms with Gasteiger partial charge in [-0.2, -0.15) is 4.39 Å². The third-order valence-corrected chi connectivity index (χ3v) is 5.47. The maximum atomic E-state index is 13.4. The Labute approximate surface area is 138 Å². The van der Waals surface area contributed by atoms with E-state index in [0.717, 1.165) is 26.6 Å². The summed E-state index contributed by atoms with van der Waals surface area (Å²) in [6, 6.07) is 9.13. The minimum absolute atomic E-state index is 0.356. The Morgan fingerprint density at radius 3 is 2.57 bits per heavy atom. The molecule has 0 saturated heterocycles. The first-order valence-corrected chi connectivity index (χ1v) is 8.50. The average molecular weight is 399 g/mol. The lowest BCUT2D eigenvalue weighted by Gasteiger charge is -2.08. The topological polar surface area (TPSA) is 82.2 Å². The van der Waals surface area contributed by atoms with E-state index < -0.39 is 26.5 Å². The minimum Gasteiger partial charge on any atom is -0.258 e. The second-order valence-corrected chi connectivity index (χ2v) is 7.42. The molecule has 0 radical (unpaired) electrons. The number of benzene rings is 2. The molecule has 0 fully saturated rings. The molecule has 1 aromatic heterocycles. The summed E-state index contributed by atoms with van der Waals surface area (Å²) in [4.78, 5) is 9.48. The summed E-state index contributed by atoms with van der Waals surface area (Å²) in [5, 5.41) is 11.5. The molecule has 118 valence electrons. The monoisotopic (exact) mass is 398 g/mol. The van der Waals surface area contributed by atoms with E-state index in [-0.39, 0.29) is 4.90 Å². The molecule has 0 aliphatic heterocycles. The molecule has 0 N–H and O–H groups in total. The van der Waals surface area contributed by atoms with Crippen molar-refractivity contribution < 1.29 is 17.7 Å². The van der Waals surface area contributed by atoms with E-state index in [0.29, 0.717) is 10.9 Å². The molecule has 9 heteroatoms. The molecule has 0 amide bonds. The van der Waals surface area contributed by atoms with Gasteiger partial charge in [0.1, 0.15) is 0 Å². The first-order valence-electron chi connectivity index (χ1n) is 6.27. The third-order valence-electron chi connectivity index (χ3n) is 3.29. The van der Waals surface area contributed by atoms with E-state index in [4.69, 9.17) is 0 Å². The highest BCUT2D eigenvalue weighted by Crippen LogP contribution is 2.27. The van der Waals surface area contributed by atoms with Gasteiger partial charge in [0.25, 0.3) is 10.0 Å². The number of nitrogens with zero attached hydrogens (tertiary/aromatic N) is 2. The van der Waals surface area contributed by atoms with Crippen LogP contribution in [0.5, 0.6) is 0 Å². The number of fused-ring (bicyclic) bond motifs is 1. The molecule has 0 unspecified atom stereocenters. The number of halogens is 2. The van der Waals surface area contributed by atoms with Crippen LogP contribution in [-0.2, 0) is 10.0 Å². The number of nitro benzene ring substituents is 1. The van der Waals surface area contributed by atoms with Gasteiger partial charge in [0.15, 0.2) is 0 Å². The fourth-order valence-electron chi connectivity index (χ4n) is 2.20. The summed E-state index contributed by atoms with van der Waals surface area (Å²) < 4.78 is 40.6. The summed E-state index contributed by atoms with van der Waals surface area (Å²) in [5.41, 5.74) is -0.467. The van der Waals surface area contributed by atoms with Crippen LogP contribution in [0.3, 0.4) is 0 Å². The van der Waals surface area contributed by atoms with E-state index in [9.17, 15) is 22.9 Å². The van der Waals surface area contributed by atoms with Gasteiger partial charge in [-0.3, -0.25) is 10.1 Å². The lowest BCUT2D eigenvalue weighted by atomic mass is 10.3. The van der Waals surface area contributed by atoms with E-state index >= 15 is 0 Å². The summed E-state index contributed by atoms with van der Waals surface area (Å²) in [6.45, 7) is 0. The first-order chi connectivity index (χ1) is 10.8. The smallest absolute Gasteiger partial charge is 0.258 e.